The van der Waals surface area contributed by atoms with Gasteiger partial charge < -0.3 is 5.73 Å². The van der Waals surface area contributed by atoms with E-state index in [0.29, 0.717) is 5.75 Å². The minimum absolute atomic E-state index is 0. The van der Waals surface area contributed by atoms with Crippen molar-refractivity contribution in [2.24, 2.45) is 5.73 Å². The van der Waals surface area contributed by atoms with Crippen molar-refractivity contribution < 1.29 is 4.79 Å². The summed E-state index contributed by atoms with van der Waals surface area (Å²) in [7, 11) is 0. The normalized spacial score (nSPS) is 11.9. The molecule has 2 nitrogen and oxygen atoms in total. The molecule has 0 saturated heterocycles. The van der Waals surface area contributed by atoms with Crippen molar-refractivity contribution in [2.75, 3.05) is 5.75 Å². The predicted octanol–water partition coefficient (Wildman–Crippen LogP) is 0.431. The second kappa shape index (κ2) is 5.69. The van der Waals surface area contributed by atoms with Crippen LogP contribution in [0.5, 0.6) is 0 Å². The van der Waals surface area contributed by atoms with Crippen LogP contribution in [0.4, 0.5) is 0 Å². The highest BCUT2D eigenvalue weighted by molar-refractivity contribution is 7.80. The number of hydrogen-bond donors (Lipinski definition) is 2. The predicted molar refractivity (Wildman–Crippen MR) is 39.9 cm³/mol. The van der Waals surface area contributed by atoms with Crippen LogP contribution >= 0.6 is 36.6 Å². The van der Waals surface area contributed by atoms with Crippen molar-refractivity contribution in [1.29, 1.82) is 0 Å². The molecule has 0 fully saturated rings. The molecule has 0 heterocycles. The average molecular weight is 176 g/mol. The fourth-order valence-electron chi connectivity index (χ4n) is 0.0718. The molecule has 0 aromatic rings. The summed E-state index contributed by atoms with van der Waals surface area (Å²) in [6.45, 7) is 0. The monoisotopic (exact) mass is 175 g/mol. The van der Waals surface area contributed by atoms with Gasteiger partial charge in [-0.2, -0.15) is 12.6 Å². The van der Waals surface area contributed by atoms with Crippen molar-refractivity contribution in [2.45, 2.75) is 6.04 Å². The summed E-state index contributed by atoms with van der Waals surface area (Å²) in [4.78, 5) is 9.97. The van der Waals surface area contributed by atoms with E-state index in [1.165, 1.54) is 0 Å². The minimum Gasteiger partial charge on any atom is -0.320 e. The summed E-state index contributed by atoms with van der Waals surface area (Å²) in [6.07, 6.45) is 0. The summed E-state index contributed by atoms with van der Waals surface area (Å²) in [5.74, 6) is 0.308. The molecule has 0 aliphatic carbocycles. The summed E-state index contributed by atoms with van der Waals surface area (Å²) in [6, 6.07) is -0.606. The van der Waals surface area contributed by atoms with Gasteiger partial charge in [0.05, 0.1) is 6.04 Å². The van der Waals surface area contributed by atoms with E-state index in [2.05, 4.69) is 12.6 Å². The van der Waals surface area contributed by atoms with Gasteiger partial charge in [0, 0.05) is 5.75 Å². The molecule has 8 heavy (non-hydrogen) atoms. The van der Waals surface area contributed by atoms with Crippen LogP contribution in [0.3, 0.4) is 0 Å². The molecule has 0 aliphatic heterocycles. The van der Waals surface area contributed by atoms with Crippen LogP contribution in [0, 0.1) is 0 Å². The summed E-state index contributed by atoms with van der Waals surface area (Å²) >= 11 is 8.64. The maximum Gasteiger partial charge on any atom is 0.239 e. The third-order valence-corrected chi connectivity index (χ3v) is 1.16. The van der Waals surface area contributed by atoms with Gasteiger partial charge in [-0.05, 0) is 11.6 Å². The van der Waals surface area contributed by atoms with Gasteiger partial charge in [-0.15, -0.1) is 12.4 Å². The lowest BCUT2D eigenvalue weighted by Crippen LogP contribution is -2.28. The van der Waals surface area contributed by atoms with Crippen molar-refractivity contribution in [3.63, 3.8) is 0 Å². The second-order valence-electron chi connectivity index (χ2n) is 1.09. The third kappa shape index (κ3) is 4.71. The number of carbonyl (C=O) groups is 1. The molecule has 0 aromatic carbocycles. The topological polar surface area (TPSA) is 43.1 Å². The highest BCUT2D eigenvalue weighted by atomic mass is 35.5. The van der Waals surface area contributed by atoms with Crippen LogP contribution in [0.2, 0.25) is 0 Å². The summed E-state index contributed by atoms with van der Waals surface area (Å²) < 4.78 is 0. The zero-order chi connectivity index (χ0) is 5.86. The van der Waals surface area contributed by atoms with Crippen LogP contribution in [0.15, 0.2) is 0 Å². The molecule has 1 atom stereocenters. The molecular weight excluding hydrogens is 169 g/mol. The minimum atomic E-state index is -0.606. The van der Waals surface area contributed by atoms with Crippen LogP contribution < -0.4 is 5.73 Å². The Hall–Kier alpha value is 0.560. The maximum absolute atomic E-state index is 9.97. The molecule has 50 valence electrons. The van der Waals surface area contributed by atoms with E-state index in [9.17, 15) is 4.79 Å². The number of thiol groups is 1. The van der Waals surface area contributed by atoms with Crippen molar-refractivity contribution >= 4 is 41.9 Å². The first-order valence-electron chi connectivity index (χ1n) is 1.74. The van der Waals surface area contributed by atoms with E-state index >= 15 is 0 Å². The lowest BCUT2D eigenvalue weighted by molar-refractivity contribution is -0.112. The fourth-order valence-corrected chi connectivity index (χ4v) is 0.422. The van der Waals surface area contributed by atoms with Crippen molar-refractivity contribution in [3.8, 4) is 0 Å². The van der Waals surface area contributed by atoms with Gasteiger partial charge in [0.2, 0.25) is 5.24 Å². The third-order valence-electron chi connectivity index (χ3n) is 0.488. The quantitative estimate of drug-likeness (QED) is 0.473. The highest BCUT2D eigenvalue weighted by Gasteiger charge is 2.05. The Labute approximate surface area is 64.6 Å². The number of nitrogens with two attached hydrogens (primary N) is 1. The van der Waals surface area contributed by atoms with Crippen LogP contribution in [0.1, 0.15) is 0 Å². The molecule has 0 amide bonds. The maximum atomic E-state index is 9.97. The number of hydrogen-bond acceptors (Lipinski definition) is 3. The lowest BCUT2D eigenvalue weighted by Gasteiger charge is -1.96. The van der Waals surface area contributed by atoms with Gasteiger partial charge in [0.1, 0.15) is 0 Å². The number of rotatable bonds is 2. The molecule has 0 saturated carbocycles. The number of halogens is 2. The van der Waals surface area contributed by atoms with E-state index in [0.717, 1.165) is 0 Å². The Bertz CT molecular complexity index is 79.7. The zero-order valence-corrected chi connectivity index (χ0v) is 6.47. The summed E-state index contributed by atoms with van der Waals surface area (Å²) in [5.41, 5.74) is 5.06. The molecule has 0 aliphatic rings. The van der Waals surface area contributed by atoms with Gasteiger partial charge >= 0.3 is 0 Å². The molecule has 0 spiro atoms. The SMILES string of the molecule is Cl.N[C@@H](CS)C(=O)Cl. The zero-order valence-electron chi connectivity index (χ0n) is 4.00. The molecule has 0 unspecified atom stereocenters. The Morgan fingerprint density at radius 3 is 2.25 bits per heavy atom. The molecule has 0 rings (SSSR count). The van der Waals surface area contributed by atoms with E-state index < -0.39 is 11.3 Å². The fraction of sp³-hybridized carbons (Fsp3) is 0.667. The Balaban J connectivity index is 0. The Morgan fingerprint density at radius 2 is 2.25 bits per heavy atom. The molecule has 2 N–H and O–H groups in total. The van der Waals surface area contributed by atoms with Crippen LogP contribution in [-0.2, 0) is 4.79 Å². The summed E-state index contributed by atoms with van der Waals surface area (Å²) in [5, 5.41) is -0.532. The van der Waals surface area contributed by atoms with Gasteiger partial charge in [-0.3, -0.25) is 4.79 Å². The smallest absolute Gasteiger partial charge is 0.239 e. The molecule has 0 aromatic heterocycles. The van der Waals surface area contributed by atoms with Gasteiger partial charge in [0.25, 0.3) is 0 Å². The van der Waals surface area contributed by atoms with Crippen LogP contribution in [0.25, 0.3) is 0 Å². The van der Waals surface area contributed by atoms with E-state index in [1.54, 1.807) is 0 Å². The van der Waals surface area contributed by atoms with Gasteiger partial charge in [-0.25, -0.2) is 0 Å². The van der Waals surface area contributed by atoms with Crippen molar-refractivity contribution in [1.82, 2.24) is 0 Å². The molecule has 0 radical (unpaired) electrons. The number of carbonyl (C=O) groups excluding carboxylic acids is 1. The van der Waals surface area contributed by atoms with E-state index in [-0.39, 0.29) is 12.4 Å². The highest BCUT2D eigenvalue weighted by Crippen LogP contribution is 1.88. The lowest BCUT2D eigenvalue weighted by atomic mass is 10.4. The average Bonchev–Trinajstić information content (AvgIpc) is 1.65. The Morgan fingerprint density at radius 1 is 1.88 bits per heavy atom. The standard InChI is InChI=1S/C3H6ClNOS.ClH/c4-3(6)2(5)1-7;/h2,7H,1,5H2;1H/t2-;/m0./s1. The molecule has 0 bridgehead atoms. The largest absolute Gasteiger partial charge is 0.320 e. The second-order valence-corrected chi connectivity index (χ2v) is 1.83. The first kappa shape index (κ1) is 11.4. The van der Waals surface area contributed by atoms with Crippen LogP contribution in [-0.4, -0.2) is 17.0 Å². The first-order valence-corrected chi connectivity index (χ1v) is 2.75. The first-order chi connectivity index (χ1) is 3.18. The molecular formula is C3H7Cl2NOS. The van der Waals surface area contributed by atoms with Crippen molar-refractivity contribution in [3.05, 3.63) is 0 Å². The van der Waals surface area contributed by atoms with E-state index in [1.807, 2.05) is 0 Å². The van der Waals surface area contributed by atoms with Gasteiger partial charge in [-0.1, -0.05) is 0 Å². The van der Waals surface area contributed by atoms with E-state index in [4.69, 9.17) is 17.3 Å². The Kier molecular flexibility index (Phi) is 8.09. The van der Waals surface area contributed by atoms with Gasteiger partial charge in [0.15, 0.2) is 0 Å². The molecule has 5 heteroatoms.